The SMILES string of the molecule is CN(C(=O)OCc1ccccc1)C(=O)OCc1ccccc1. The number of nitrogens with zero attached hydrogens (tertiary/aromatic N) is 1. The lowest BCUT2D eigenvalue weighted by molar-refractivity contribution is 0.0777. The van der Waals surface area contributed by atoms with Crippen LogP contribution in [0.25, 0.3) is 0 Å². The second kappa shape index (κ2) is 7.83. The third-order valence-electron chi connectivity index (χ3n) is 2.96. The Kier molecular flexibility index (Phi) is 5.54. The predicted octanol–water partition coefficient (Wildman–Crippen LogP) is 3.59. The van der Waals surface area contributed by atoms with Gasteiger partial charge in [0.25, 0.3) is 0 Å². The molecule has 0 aromatic heterocycles. The van der Waals surface area contributed by atoms with Crippen LogP contribution in [0, 0.1) is 0 Å². The lowest BCUT2D eigenvalue weighted by atomic mass is 10.2. The first-order chi connectivity index (χ1) is 10.7. The fraction of sp³-hybridized carbons (Fsp3) is 0.176. The average molecular weight is 299 g/mol. The average Bonchev–Trinajstić information content (AvgIpc) is 2.58. The first-order valence-corrected chi connectivity index (χ1v) is 6.82. The Morgan fingerprint density at radius 2 is 1.14 bits per heavy atom. The highest BCUT2D eigenvalue weighted by atomic mass is 16.6. The third-order valence-corrected chi connectivity index (χ3v) is 2.96. The highest BCUT2D eigenvalue weighted by Gasteiger charge is 2.19. The summed E-state index contributed by atoms with van der Waals surface area (Å²) in [5, 5.41) is 0. The number of rotatable bonds is 4. The summed E-state index contributed by atoms with van der Waals surface area (Å²) in [7, 11) is 1.32. The second-order valence-electron chi connectivity index (χ2n) is 4.64. The molecule has 2 rings (SSSR count). The van der Waals surface area contributed by atoms with Gasteiger partial charge in [-0.25, -0.2) is 14.5 Å². The minimum Gasteiger partial charge on any atom is -0.444 e. The summed E-state index contributed by atoms with van der Waals surface area (Å²) in [6.07, 6.45) is -1.50. The van der Waals surface area contributed by atoms with Gasteiger partial charge in [0.1, 0.15) is 13.2 Å². The first kappa shape index (κ1) is 15.6. The molecule has 0 atom stereocenters. The van der Waals surface area contributed by atoms with Crippen molar-refractivity contribution >= 4 is 12.2 Å². The molecule has 114 valence electrons. The maximum Gasteiger partial charge on any atom is 0.419 e. The fourth-order valence-corrected chi connectivity index (χ4v) is 1.71. The molecule has 5 heteroatoms. The zero-order valence-electron chi connectivity index (χ0n) is 12.3. The molecule has 0 N–H and O–H groups in total. The molecule has 0 bridgehead atoms. The molecule has 0 saturated carbocycles. The smallest absolute Gasteiger partial charge is 0.419 e. The number of hydrogen-bond acceptors (Lipinski definition) is 4. The maximum absolute atomic E-state index is 11.8. The van der Waals surface area contributed by atoms with Crippen molar-refractivity contribution in [1.82, 2.24) is 4.90 Å². The van der Waals surface area contributed by atoms with Crippen LogP contribution >= 0.6 is 0 Å². The van der Waals surface area contributed by atoms with Crippen LogP contribution in [0.1, 0.15) is 11.1 Å². The molecular formula is C17H17NO4. The summed E-state index contributed by atoms with van der Waals surface area (Å²) in [6, 6.07) is 18.5. The molecule has 0 aliphatic rings. The number of hydrogen-bond donors (Lipinski definition) is 0. The topological polar surface area (TPSA) is 55.8 Å². The number of amides is 2. The predicted molar refractivity (Wildman–Crippen MR) is 81.0 cm³/mol. The van der Waals surface area contributed by atoms with E-state index in [4.69, 9.17) is 9.47 Å². The van der Waals surface area contributed by atoms with Crippen molar-refractivity contribution in [3.8, 4) is 0 Å². The summed E-state index contributed by atoms with van der Waals surface area (Å²) in [5.74, 6) is 0. The van der Waals surface area contributed by atoms with E-state index in [2.05, 4.69) is 0 Å². The Morgan fingerprint density at radius 1 is 0.773 bits per heavy atom. The van der Waals surface area contributed by atoms with E-state index in [1.54, 1.807) is 0 Å². The minimum absolute atomic E-state index is 0.107. The highest BCUT2D eigenvalue weighted by Crippen LogP contribution is 2.05. The lowest BCUT2D eigenvalue weighted by Crippen LogP contribution is -2.34. The van der Waals surface area contributed by atoms with Crippen molar-refractivity contribution in [3.63, 3.8) is 0 Å². The monoisotopic (exact) mass is 299 g/mol. The normalized spacial score (nSPS) is 9.86. The molecule has 0 spiro atoms. The van der Waals surface area contributed by atoms with E-state index in [1.807, 2.05) is 60.7 Å². The number of benzene rings is 2. The lowest BCUT2D eigenvalue weighted by Gasteiger charge is -2.15. The number of ether oxygens (including phenoxy) is 2. The largest absolute Gasteiger partial charge is 0.444 e. The molecule has 0 aliphatic heterocycles. The molecule has 2 aromatic rings. The van der Waals surface area contributed by atoms with E-state index in [9.17, 15) is 9.59 Å². The van der Waals surface area contributed by atoms with Crippen LogP contribution in [0.3, 0.4) is 0 Å². The van der Waals surface area contributed by atoms with Gasteiger partial charge in [-0.15, -0.1) is 0 Å². The molecule has 2 amide bonds. The van der Waals surface area contributed by atoms with E-state index >= 15 is 0 Å². The molecule has 22 heavy (non-hydrogen) atoms. The Hall–Kier alpha value is -2.82. The molecule has 2 aromatic carbocycles. The summed E-state index contributed by atoms with van der Waals surface area (Å²) in [6.45, 7) is 0.214. The van der Waals surface area contributed by atoms with E-state index in [0.717, 1.165) is 16.0 Å². The fourth-order valence-electron chi connectivity index (χ4n) is 1.71. The number of carbonyl (C=O) groups excluding carboxylic acids is 2. The number of carbonyl (C=O) groups is 2. The molecule has 0 heterocycles. The Morgan fingerprint density at radius 3 is 1.50 bits per heavy atom. The van der Waals surface area contributed by atoms with Gasteiger partial charge in [-0.3, -0.25) is 0 Å². The van der Waals surface area contributed by atoms with Crippen molar-refractivity contribution in [2.45, 2.75) is 13.2 Å². The van der Waals surface area contributed by atoms with Gasteiger partial charge in [0.05, 0.1) is 0 Å². The molecule has 0 fully saturated rings. The van der Waals surface area contributed by atoms with E-state index in [0.29, 0.717) is 0 Å². The van der Waals surface area contributed by atoms with Crippen molar-refractivity contribution in [1.29, 1.82) is 0 Å². The van der Waals surface area contributed by atoms with E-state index in [1.165, 1.54) is 7.05 Å². The van der Waals surface area contributed by atoms with Crippen molar-refractivity contribution in [3.05, 3.63) is 71.8 Å². The van der Waals surface area contributed by atoms with Crippen LogP contribution in [0.2, 0.25) is 0 Å². The van der Waals surface area contributed by atoms with Gasteiger partial charge in [-0.05, 0) is 11.1 Å². The first-order valence-electron chi connectivity index (χ1n) is 6.82. The second-order valence-corrected chi connectivity index (χ2v) is 4.64. The quantitative estimate of drug-likeness (QED) is 0.865. The van der Waals surface area contributed by atoms with Crippen LogP contribution in [-0.2, 0) is 22.7 Å². The van der Waals surface area contributed by atoms with E-state index < -0.39 is 12.2 Å². The minimum atomic E-state index is -0.748. The van der Waals surface area contributed by atoms with E-state index in [-0.39, 0.29) is 13.2 Å². The number of imide groups is 1. The summed E-state index contributed by atoms with van der Waals surface area (Å²) >= 11 is 0. The van der Waals surface area contributed by atoms with Gasteiger partial charge >= 0.3 is 12.2 Å². The van der Waals surface area contributed by atoms with Gasteiger partial charge in [-0.1, -0.05) is 60.7 Å². The van der Waals surface area contributed by atoms with Crippen molar-refractivity contribution < 1.29 is 19.1 Å². The summed E-state index contributed by atoms with van der Waals surface area (Å²) in [4.78, 5) is 24.4. The summed E-state index contributed by atoms with van der Waals surface area (Å²) < 4.78 is 10.1. The summed E-state index contributed by atoms with van der Waals surface area (Å²) in [5.41, 5.74) is 1.70. The Bertz CT molecular complexity index is 558. The zero-order valence-corrected chi connectivity index (χ0v) is 12.3. The third kappa shape index (κ3) is 4.63. The van der Waals surface area contributed by atoms with Gasteiger partial charge in [0, 0.05) is 7.05 Å². The Balaban J connectivity index is 1.78. The van der Waals surface area contributed by atoms with Crippen LogP contribution in [0.15, 0.2) is 60.7 Å². The molecule has 0 unspecified atom stereocenters. The molecular weight excluding hydrogens is 282 g/mol. The van der Waals surface area contributed by atoms with Crippen LogP contribution in [0.5, 0.6) is 0 Å². The maximum atomic E-state index is 11.8. The highest BCUT2D eigenvalue weighted by molar-refractivity contribution is 5.87. The van der Waals surface area contributed by atoms with Crippen molar-refractivity contribution in [2.75, 3.05) is 7.05 Å². The Labute approximate surface area is 129 Å². The van der Waals surface area contributed by atoms with Crippen molar-refractivity contribution in [2.24, 2.45) is 0 Å². The molecule has 5 nitrogen and oxygen atoms in total. The molecule has 0 aliphatic carbocycles. The zero-order chi connectivity index (χ0) is 15.8. The van der Waals surface area contributed by atoms with Gasteiger partial charge in [-0.2, -0.15) is 0 Å². The van der Waals surface area contributed by atoms with Gasteiger partial charge in [0.15, 0.2) is 0 Å². The van der Waals surface area contributed by atoms with Gasteiger partial charge in [0.2, 0.25) is 0 Å². The van der Waals surface area contributed by atoms with Gasteiger partial charge < -0.3 is 9.47 Å². The van der Waals surface area contributed by atoms with Crippen LogP contribution in [-0.4, -0.2) is 24.1 Å². The van der Waals surface area contributed by atoms with Crippen LogP contribution in [0.4, 0.5) is 9.59 Å². The molecule has 0 saturated heterocycles. The van der Waals surface area contributed by atoms with Crippen LogP contribution < -0.4 is 0 Å². The molecule has 0 radical (unpaired) electrons. The standard InChI is InChI=1S/C17H17NO4/c1-18(16(19)21-12-14-8-4-2-5-9-14)17(20)22-13-15-10-6-3-7-11-15/h2-11H,12-13H2,1H3.